The lowest BCUT2D eigenvalue weighted by atomic mass is 10.0. The van der Waals surface area contributed by atoms with Crippen LogP contribution in [0.15, 0.2) is 60.7 Å². The number of nitrogens with one attached hydrogen (secondary N) is 1. The van der Waals surface area contributed by atoms with E-state index in [1.54, 1.807) is 7.11 Å². The summed E-state index contributed by atoms with van der Waals surface area (Å²) in [7, 11) is 1.66. The molecule has 2 atom stereocenters. The van der Waals surface area contributed by atoms with Crippen LogP contribution in [0.4, 0.5) is 0 Å². The summed E-state index contributed by atoms with van der Waals surface area (Å²) < 4.78 is 10.6. The Kier molecular flexibility index (Phi) is 7.46. The largest absolute Gasteiger partial charge is 0.465 e. The van der Waals surface area contributed by atoms with Crippen molar-refractivity contribution in [1.29, 1.82) is 0 Å². The highest BCUT2D eigenvalue weighted by Crippen LogP contribution is 2.16. The molecule has 0 bridgehead atoms. The predicted octanol–water partition coefficient (Wildman–Crippen LogP) is 3.14. The summed E-state index contributed by atoms with van der Waals surface area (Å²) in [6, 6.07) is 19.4. The molecule has 0 saturated heterocycles. The zero-order valence-corrected chi connectivity index (χ0v) is 14.3. The Labute approximate surface area is 143 Å². The van der Waals surface area contributed by atoms with Gasteiger partial charge in [-0.05, 0) is 24.5 Å². The summed E-state index contributed by atoms with van der Waals surface area (Å²) in [5.74, 6) is -0.238. The molecule has 4 heteroatoms. The molecule has 0 unspecified atom stereocenters. The van der Waals surface area contributed by atoms with Crippen LogP contribution < -0.4 is 5.32 Å². The quantitative estimate of drug-likeness (QED) is 0.719. The number of carbonyl (C=O) groups is 1. The van der Waals surface area contributed by atoms with Crippen molar-refractivity contribution in [2.75, 3.05) is 20.3 Å². The molecule has 4 nitrogen and oxygen atoms in total. The molecule has 0 amide bonds. The smallest absolute Gasteiger partial charge is 0.323 e. The fourth-order valence-corrected chi connectivity index (χ4v) is 2.64. The summed E-state index contributed by atoms with van der Waals surface area (Å²) in [5, 5.41) is 3.40. The molecule has 0 aliphatic rings. The topological polar surface area (TPSA) is 47.6 Å². The van der Waals surface area contributed by atoms with Gasteiger partial charge in [0.15, 0.2) is 0 Å². The minimum atomic E-state index is -0.423. The molecular weight excluding hydrogens is 302 g/mol. The van der Waals surface area contributed by atoms with Gasteiger partial charge in [-0.25, -0.2) is 0 Å². The molecule has 0 saturated carbocycles. The minimum Gasteiger partial charge on any atom is -0.465 e. The van der Waals surface area contributed by atoms with Gasteiger partial charge in [0, 0.05) is 7.11 Å². The molecule has 2 rings (SSSR count). The first-order valence-corrected chi connectivity index (χ1v) is 8.25. The Bertz CT molecular complexity index is 601. The van der Waals surface area contributed by atoms with E-state index in [2.05, 4.69) is 5.32 Å². The molecule has 0 aromatic heterocycles. The van der Waals surface area contributed by atoms with Gasteiger partial charge in [-0.15, -0.1) is 0 Å². The Morgan fingerprint density at radius 2 is 1.67 bits per heavy atom. The second kappa shape index (κ2) is 9.85. The highest BCUT2D eigenvalue weighted by Gasteiger charge is 2.24. The van der Waals surface area contributed by atoms with Crippen molar-refractivity contribution < 1.29 is 14.3 Å². The van der Waals surface area contributed by atoms with Gasteiger partial charge in [-0.3, -0.25) is 10.1 Å². The summed E-state index contributed by atoms with van der Waals surface area (Å²) in [6.45, 7) is 2.67. The van der Waals surface area contributed by atoms with Gasteiger partial charge in [-0.2, -0.15) is 0 Å². The summed E-state index contributed by atoms with van der Waals surface area (Å²) >= 11 is 0. The lowest BCUT2D eigenvalue weighted by Gasteiger charge is -2.24. The van der Waals surface area contributed by atoms with Crippen LogP contribution in [-0.4, -0.2) is 32.3 Å². The van der Waals surface area contributed by atoms with E-state index in [1.165, 1.54) is 0 Å². The van der Waals surface area contributed by atoms with Crippen molar-refractivity contribution in [3.05, 3.63) is 71.8 Å². The zero-order valence-electron chi connectivity index (χ0n) is 14.3. The van der Waals surface area contributed by atoms with Gasteiger partial charge in [0.05, 0.1) is 19.3 Å². The molecule has 0 spiro atoms. The molecule has 0 heterocycles. The fraction of sp³-hybridized carbons (Fsp3) is 0.350. The number of carbonyl (C=O) groups excluding carboxylic acids is 1. The Morgan fingerprint density at radius 1 is 1.04 bits per heavy atom. The normalized spacial score (nSPS) is 13.2. The summed E-state index contributed by atoms with van der Waals surface area (Å²) in [5.41, 5.74) is 2.17. The van der Waals surface area contributed by atoms with Crippen molar-refractivity contribution in [2.24, 2.45) is 0 Å². The van der Waals surface area contributed by atoms with Gasteiger partial charge >= 0.3 is 5.97 Å². The first kappa shape index (κ1) is 18.2. The highest BCUT2D eigenvalue weighted by molar-refractivity contribution is 5.76. The Morgan fingerprint density at radius 3 is 2.25 bits per heavy atom. The Hall–Kier alpha value is -2.17. The van der Waals surface area contributed by atoms with E-state index in [9.17, 15) is 4.79 Å². The second-order valence-corrected chi connectivity index (χ2v) is 5.58. The predicted molar refractivity (Wildman–Crippen MR) is 94.8 cm³/mol. The molecular formula is C20H25NO3. The van der Waals surface area contributed by atoms with Crippen LogP contribution in [-0.2, 0) is 20.7 Å². The number of benzene rings is 2. The summed E-state index contributed by atoms with van der Waals surface area (Å²) in [4.78, 5) is 12.4. The van der Waals surface area contributed by atoms with Crippen LogP contribution in [0.3, 0.4) is 0 Å². The van der Waals surface area contributed by atoms with Gasteiger partial charge in [-0.1, -0.05) is 60.7 Å². The Balaban J connectivity index is 2.16. The number of methoxy groups -OCH3 is 1. The van der Waals surface area contributed by atoms with E-state index in [0.717, 1.165) is 11.1 Å². The maximum Gasteiger partial charge on any atom is 0.323 e. The van der Waals surface area contributed by atoms with Crippen LogP contribution in [0, 0.1) is 0 Å². The van der Waals surface area contributed by atoms with E-state index in [0.29, 0.717) is 19.6 Å². The van der Waals surface area contributed by atoms with Crippen LogP contribution >= 0.6 is 0 Å². The lowest BCUT2D eigenvalue weighted by molar-refractivity contribution is -0.146. The highest BCUT2D eigenvalue weighted by atomic mass is 16.5. The average molecular weight is 327 g/mol. The van der Waals surface area contributed by atoms with E-state index >= 15 is 0 Å². The average Bonchev–Trinajstić information content (AvgIpc) is 2.62. The molecule has 2 aromatic rings. The molecule has 128 valence electrons. The van der Waals surface area contributed by atoms with Crippen LogP contribution in [0.1, 0.15) is 24.1 Å². The van der Waals surface area contributed by atoms with Crippen molar-refractivity contribution >= 4 is 5.97 Å². The van der Waals surface area contributed by atoms with E-state index in [1.807, 2.05) is 67.6 Å². The van der Waals surface area contributed by atoms with Gasteiger partial charge in [0.2, 0.25) is 0 Å². The lowest BCUT2D eigenvalue weighted by Crippen LogP contribution is -2.43. The second-order valence-electron chi connectivity index (χ2n) is 5.58. The monoisotopic (exact) mass is 327 g/mol. The summed E-state index contributed by atoms with van der Waals surface area (Å²) in [6.07, 6.45) is 0.576. The van der Waals surface area contributed by atoms with Gasteiger partial charge < -0.3 is 9.47 Å². The molecule has 24 heavy (non-hydrogen) atoms. The minimum absolute atomic E-state index is 0.0747. The molecule has 0 aliphatic carbocycles. The van der Waals surface area contributed by atoms with Crippen LogP contribution in [0.25, 0.3) is 0 Å². The van der Waals surface area contributed by atoms with Gasteiger partial charge in [0.1, 0.15) is 6.04 Å². The van der Waals surface area contributed by atoms with Gasteiger partial charge in [0.25, 0.3) is 0 Å². The fourth-order valence-electron chi connectivity index (χ4n) is 2.64. The first-order chi connectivity index (χ1) is 11.7. The molecule has 1 N–H and O–H groups in total. The van der Waals surface area contributed by atoms with Crippen LogP contribution in [0.2, 0.25) is 0 Å². The third-order valence-electron chi connectivity index (χ3n) is 3.79. The van der Waals surface area contributed by atoms with Crippen molar-refractivity contribution in [3.63, 3.8) is 0 Å². The van der Waals surface area contributed by atoms with E-state index < -0.39 is 6.04 Å². The molecule has 0 radical (unpaired) electrons. The number of esters is 1. The van der Waals surface area contributed by atoms with Crippen molar-refractivity contribution in [2.45, 2.75) is 25.4 Å². The third-order valence-corrected chi connectivity index (χ3v) is 3.79. The molecule has 0 aliphatic heterocycles. The van der Waals surface area contributed by atoms with Crippen molar-refractivity contribution in [1.82, 2.24) is 5.32 Å². The first-order valence-electron chi connectivity index (χ1n) is 8.25. The third kappa shape index (κ3) is 5.48. The zero-order chi connectivity index (χ0) is 17.2. The number of ether oxygens (including phenoxy) is 2. The number of hydrogen-bond acceptors (Lipinski definition) is 4. The standard InChI is InChI=1S/C20H25NO3/c1-3-24-20(22)18(14-16-10-6-4-7-11-16)21-19(15-23-2)17-12-8-5-9-13-17/h4-13,18-19,21H,3,14-15H2,1-2H3/t18-,19+/m1/s1. The molecule has 2 aromatic carbocycles. The maximum atomic E-state index is 12.4. The van der Waals surface area contributed by atoms with Crippen molar-refractivity contribution in [3.8, 4) is 0 Å². The SMILES string of the molecule is CCOC(=O)[C@@H](Cc1ccccc1)N[C@@H](COC)c1ccccc1. The van der Waals surface area contributed by atoms with E-state index in [4.69, 9.17) is 9.47 Å². The van der Waals surface area contributed by atoms with E-state index in [-0.39, 0.29) is 12.0 Å². The van der Waals surface area contributed by atoms with Crippen LogP contribution in [0.5, 0.6) is 0 Å². The number of rotatable bonds is 9. The number of hydrogen-bond donors (Lipinski definition) is 1. The molecule has 0 fully saturated rings. The maximum absolute atomic E-state index is 12.4.